The van der Waals surface area contributed by atoms with Crippen LogP contribution in [0.5, 0.6) is 0 Å². The molecule has 30 heavy (non-hydrogen) atoms. The number of piperazine rings is 1. The summed E-state index contributed by atoms with van der Waals surface area (Å²) >= 11 is 0. The number of rotatable bonds is 6. The van der Waals surface area contributed by atoms with Crippen molar-refractivity contribution in [3.8, 4) is 11.1 Å². The van der Waals surface area contributed by atoms with Gasteiger partial charge in [-0.2, -0.15) is 5.10 Å². The second-order valence-electron chi connectivity index (χ2n) is 7.38. The molecule has 1 fully saturated rings. The highest BCUT2D eigenvalue weighted by molar-refractivity contribution is 5.94. The summed E-state index contributed by atoms with van der Waals surface area (Å²) in [4.78, 5) is 15.9. The van der Waals surface area contributed by atoms with E-state index in [0.717, 1.165) is 27.8 Å². The quantitative estimate of drug-likeness (QED) is 0.637. The second kappa shape index (κ2) is 8.67. The molecule has 0 aliphatic carbocycles. The number of amides is 1. The fourth-order valence-electron chi connectivity index (χ4n) is 3.95. The van der Waals surface area contributed by atoms with E-state index in [9.17, 15) is 14.3 Å². The maximum absolute atomic E-state index is 13.6. The number of hydrogen-bond acceptors (Lipinski definition) is 4. The maximum atomic E-state index is 13.6. The van der Waals surface area contributed by atoms with Crippen molar-refractivity contribution in [2.45, 2.75) is 13.0 Å². The predicted octanol–water partition coefficient (Wildman–Crippen LogP) is 3.06. The molecule has 156 valence electrons. The summed E-state index contributed by atoms with van der Waals surface area (Å²) in [5.41, 5.74) is 2.54. The Bertz CT molecular complexity index is 1070. The zero-order valence-electron chi connectivity index (χ0n) is 16.8. The van der Waals surface area contributed by atoms with Gasteiger partial charge in [-0.05, 0) is 47.9 Å². The van der Waals surface area contributed by atoms with Crippen LogP contribution >= 0.6 is 0 Å². The maximum Gasteiger partial charge on any atom is 0.246 e. The van der Waals surface area contributed by atoms with Gasteiger partial charge in [0, 0.05) is 44.7 Å². The zero-order chi connectivity index (χ0) is 21.1. The number of anilines is 1. The second-order valence-corrected chi connectivity index (χ2v) is 7.38. The summed E-state index contributed by atoms with van der Waals surface area (Å²) in [6.45, 7) is 6.90. The number of halogens is 1. The summed E-state index contributed by atoms with van der Waals surface area (Å²) in [7, 11) is 0. The van der Waals surface area contributed by atoms with E-state index in [1.54, 1.807) is 11.0 Å². The first-order valence-electron chi connectivity index (χ1n) is 10.1. The first kappa shape index (κ1) is 20.1. The minimum absolute atomic E-state index is 0.0481. The van der Waals surface area contributed by atoms with Gasteiger partial charge in [0.1, 0.15) is 11.6 Å². The normalized spacial score (nSPS) is 14.3. The van der Waals surface area contributed by atoms with Gasteiger partial charge in [-0.15, -0.1) is 0 Å². The highest BCUT2D eigenvalue weighted by Gasteiger charge is 2.24. The molecule has 7 heteroatoms. The summed E-state index contributed by atoms with van der Waals surface area (Å²) < 4.78 is 15.6. The van der Waals surface area contributed by atoms with Crippen LogP contribution in [0.4, 0.5) is 10.2 Å². The first-order valence-corrected chi connectivity index (χ1v) is 10.1. The standard InChI is InChI=1S/C23H25FN4O2/c1-2-22(30)26-10-12-27(13-11-26)23-20-8-7-18(17-5-3-6-19(24)15-17)16-21(20)25-28(23)9-4-14-29/h2-3,5-8,15-16,29H,1,4,9-14H2. The molecule has 0 unspecified atom stereocenters. The Balaban J connectivity index is 1.69. The number of aliphatic hydroxyl groups excluding tert-OH is 1. The van der Waals surface area contributed by atoms with Crippen molar-refractivity contribution < 1.29 is 14.3 Å². The molecule has 1 aromatic heterocycles. The molecule has 0 atom stereocenters. The van der Waals surface area contributed by atoms with Crippen molar-refractivity contribution in [1.82, 2.24) is 14.7 Å². The number of aliphatic hydroxyl groups is 1. The third-order valence-corrected chi connectivity index (χ3v) is 5.46. The van der Waals surface area contributed by atoms with Crippen LogP contribution in [0.3, 0.4) is 0 Å². The molecule has 1 aliphatic rings. The molecule has 1 saturated heterocycles. The molecular formula is C23H25FN4O2. The van der Waals surface area contributed by atoms with Gasteiger partial charge >= 0.3 is 0 Å². The number of carbonyl (C=O) groups is 1. The van der Waals surface area contributed by atoms with Crippen molar-refractivity contribution >= 4 is 22.6 Å². The van der Waals surface area contributed by atoms with E-state index >= 15 is 0 Å². The molecule has 3 aromatic rings. The Morgan fingerprint density at radius 2 is 1.90 bits per heavy atom. The van der Waals surface area contributed by atoms with E-state index < -0.39 is 0 Å². The van der Waals surface area contributed by atoms with Crippen molar-refractivity contribution in [2.75, 3.05) is 37.7 Å². The molecule has 1 amide bonds. The van der Waals surface area contributed by atoms with Crippen LogP contribution in [-0.2, 0) is 11.3 Å². The lowest BCUT2D eigenvalue weighted by molar-refractivity contribution is -0.126. The number of aryl methyl sites for hydroxylation is 1. The van der Waals surface area contributed by atoms with Gasteiger partial charge in [-0.25, -0.2) is 9.07 Å². The number of benzene rings is 2. The summed E-state index contributed by atoms with van der Waals surface area (Å²) in [5.74, 6) is 0.677. The fourth-order valence-corrected chi connectivity index (χ4v) is 3.95. The Kier molecular flexibility index (Phi) is 5.81. The summed E-state index contributed by atoms with van der Waals surface area (Å²) in [6.07, 6.45) is 1.96. The van der Waals surface area contributed by atoms with E-state index in [1.165, 1.54) is 18.2 Å². The molecule has 2 heterocycles. The Hall–Kier alpha value is -3.19. The Labute approximate surface area is 174 Å². The van der Waals surface area contributed by atoms with Crippen LogP contribution in [0.15, 0.2) is 55.1 Å². The molecule has 0 spiro atoms. The number of fused-ring (bicyclic) bond motifs is 1. The van der Waals surface area contributed by atoms with Crippen LogP contribution in [0.25, 0.3) is 22.0 Å². The minimum Gasteiger partial charge on any atom is -0.396 e. The van der Waals surface area contributed by atoms with Gasteiger partial charge in [-0.3, -0.25) is 4.79 Å². The first-order chi connectivity index (χ1) is 14.6. The SMILES string of the molecule is C=CC(=O)N1CCN(c2c3ccc(-c4cccc(F)c4)cc3nn2CCCO)CC1. The number of aromatic nitrogens is 2. The average Bonchev–Trinajstić information content (AvgIpc) is 3.14. The third kappa shape index (κ3) is 3.93. The monoisotopic (exact) mass is 408 g/mol. The topological polar surface area (TPSA) is 61.6 Å². The molecule has 0 radical (unpaired) electrons. The number of hydrogen-bond donors (Lipinski definition) is 1. The Morgan fingerprint density at radius 3 is 2.60 bits per heavy atom. The van der Waals surface area contributed by atoms with Crippen LogP contribution in [0, 0.1) is 5.82 Å². The van der Waals surface area contributed by atoms with E-state index in [0.29, 0.717) is 39.1 Å². The zero-order valence-corrected chi connectivity index (χ0v) is 16.8. The molecular weight excluding hydrogens is 383 g/mol. The molecule has 1 aliphatic heterocycles. The van der Waals surface area contributed by atoms with Gasteiger partial charge < -0.3 is 14.9 Å². The van der Waals surface area contributed by atoms with Crippen molar-refractivity contribution in [1.29, 1.82) is 0 Å². The van der Waals surface area contributed by atoms with Crippen molar-refractivity contribution in [3.05, 3.63) is 60.9 Å². The van der Waals surface area contributed by atoms with Crippen molar-refractivity contribution in [2.24, 2.45) is 0 Å². The molecule has 0 saturated carbocycles. The smallest absolute Gasteiger partial charge is 0.246 e. The van der Waals surface area contributed by atoms with E-state index in [4.69, 9.17) is 5.10 Å². The molecule has 2 aromatic carbocycles. The van der Waals surface area contributed by atoms with Gasteiger partial charge in [-0.1, -0.05) is 24.8 Å². The fraction of sp³-hybridized carbons (Fsp3) is 0.304. The average molecular weight is 408 g/mol. The largest absolute Gasteiger partial charge is 0.396 e. The lowest BCUT2D eigenvalue weighted by atomic mass is 10.0. The number of nitrogens with zero attached hydrogens (tertiary/aromatic N) is 4. The van der Waals surface area contributed by atoms with E-state index in [2.05, 4.69) is 11.5 Å². The lowest BCUT2D eigenvalue weighted by Crippen LogP contribution is -2.49. The van der Waals surface area contributed by atoms with Crippen molar-refractivity contribution in [3.63, 3.8) is 0 Å². The van der Waals surface area contributed by atoms with E-state index in [-0.39, 0.29) is 18.3 Å². The summed E-state index contributed by atoms with van der Waals surface area (Å²) in [6, 6.07) is 12.5. The van der Waals surface area contributed by atoms with Gasteiger partial charge in [0.05, 0.1) is 5.52 Å². The Morgan fingerprint density at radius 1 is 1.13 bits per heavy atom. The molecule has 4 rings (SSSR count). The van der Waals surface area contributed by atoms with Gasteiger partial charge in [0.15, 0.2) is 0 Å². The van der Waals surface area contributed by atoms with Crippen LogP contribution in [-0.4, -0.2) is 58.5 Å². The third-order valence-electron chi connectivity index (χ3n) is 5.46. The summed E-state index contributed by atoms with van der Waals surface area (Å²) in [5, 5.41) is 15.1. The highest BCUT2D eigenvalue weighted by Crippen LogP contribution is 2.32. The van der Waals surface area contributed by atoms with Gasteiger partial charge in [0.25, 0.3) is 0 Å². The van der Waals surface area contributed by atoms with Gasteiger partial charge in [0.2, 0.25) is 5.91 Å². The van der Waals surface area contributed by atoms with E-state index in [1.807, 2.05) is 28.9 Å². The van der Waals surface area contributed by atoms with Crippen LogP contribution < -0.4 is 4.90 Å². The predicted molar refractivity (Wildman–Crippen MR) is 116 cm³/mol. The highest BCUT2D eigenvalue weighted by atomic mass is 19.1. The molecule has 0 bridgehead atoms. The molecule has 1 N–H and O–H groups in total. The van der Waals surface area contributed by atoms with Crippen LogP contribution in [0.2, 0.25) is 0 Å². The molecule has 6 nitrogen and oxygen atoms in total. The lowest BCUT2D eigenvalue weighted by Gasteiger charge is -2.35. The van der Waals surface area contributed by atoms with Crippen LogP contribution in [0.1, 0.15) is 6.42 Å². The minimum atomic E-state index is -0.270. The number of carbonyl (C=O) groups excluding carboxylic acids is 1.